The summed E-state index contributed by atoms with van der Waals surface area (Å²) in [7, 11) is 1.85. The molecule has 0 bridgehead atoms. The van der Waals surface area contributed by atoms with Crippen molar-refractivity contribution in [2.45, 2.75) is 26.2 Å². The van der Waals surface area contributed by atoms with E-state index in [9.17, 15) is 4.79 Å². The molecule has 2 rings (SSSR count). The van der Waals surface area contributed by atoms with Gasteiger partial charge in [-0.25, -0.2) is 0 Å². The lowest BCUT2D eigenvalue weighted by atomic mass is 9.68. The zero-order valence-corrected chi connectivity index (χ0v) is 10.6. The van der Waals surface area contributed by atoms with Crippen LogP contribution >= 0.6 is 0 Å². The number of benzene rings is 1. The van der Waals surface area contributed by atoms with Crippen molar-refractivity contribution >= 4 is 11.6 Å². The van der Waals surface area contributed by atoms with Gasteiger partial charge in [0, 0.05) is 19.3 Å². The number of amides is 1. The van der Waals surface area contributed by atoms with Crippen LogP contribution in [-0.2, 0) is 4.79 Å². The smallest absolute Gasteiger partial charge is 0.234 e. The summed E-state index contributed by atoms with van der Waals surface area (Å²) in [6, 6.07) is 7.95. The molecule has 0 unspecified atom stereocenters. The molecule has 1 aromatic rings. The third-order valence-corrected chi connectivity index (χ3v) is 3.94. The molecular formula is C14H20N2O. The predicted octanol–water partition coefficient (Wildman–Crippen LogP) is 2.09. The lowest BCUT2D eigenvalue weighted by Gasteiger charge is -2.42. The first kappa shape index (κ1) is 12.1. The summed E-state index contributed by atoms with van der Waals surface area (Å²) in [5.41, 5.74) is 7.59. The lowest BCUT2D eigenvalue weighted by Crippen LogP contribution is -2.51. The molecule has 3 heteroatoms. The molecule has 1 saturated carbocycles. The standard InChI is InChI=1S/C14H20N2O/c1-11-6-3-4-7-12(11)16(2)13(17)14(10-15)8-5-9-14/h3-4,6-7H,5,8-10,15H2,1-2H3. The summed E-state index contributed by atoms with van der Waals surface area (Å²) < 4.78 is 0. The largest absolute Gasteiger partial charge is 0.329 e. The van der Waals surface area contributed by atoms with Gasteiger partial charge >= 0.3 is 0 Å². The average Bonchev–Trinajstić information content (AvgIpc) is 2.28. The van der Waals surface area contributed by atoms with Crippen LogP contribution in [0.3, 0.4) is 0 Å². The second kappa shape index (κ2) is 4.49. The van der Waals surface area contributed by atoms with Crippen molar-refractivity contribution in [2.75, 3.05) is 18.5 Å². The molecule has 0 heterocycles. The van der Waals surface area contributed by atoms with Gasteiger partial charge in [-0.3, -0.25) is 4.79 Å². The Bertz CT molecular complexity index is 418. The van der Waals surface area contributed by atoms with Gasteiger partial charge in [0.25, 0.3) is 0 Å². The van der Waals surface area contributed by atoms with Crippen molar-refractivity contribution < 1.29 is 4.79 Å². The molecule has 0 radical (unpaired) electrons. The number of rotatable bonds is 3. The fraction of sp³-hybridized carbons (Fsp3) is 0.500. The van der Waals surface area contributed by atoms with Crippen LogP contribution in [0.1, 0.15) is 24.8 Å². The molecule has 0 aliphatic heterocycles. The molecule has 1 aliphatic rings. The highest BCUT2D eigenvalue weighted by atomic mass is 16.2. The Morgan fingerprint density at radius 3 is 2.53 bits per heavy atom. The Hall–Kier alpha value is -1.35. The van der Waals surface area contributed by atoms with E-state index in [1.54, 1.807) is 4.90 Å². The van der Waals surface area contributed by atoms with Gasteiger partial charge in [-0.05, 0) is 31.4 Å². The second-order valence-corrected chi connectivity index (χ2v) is 4.99. The van der Waals surface area contributed by atoms with Crippen molar-refractivity contribution in [2.24, 2.45) is 11.1 Å². The predicted molar refractivity (Wildman–Crippen MR) is 69.9 cm³/mol. The van der Waals surface area contributed by atoms with Crippen molar-refractivity contribution in [1.82, 2.24) is 0 Å². The zero-order valence-electron chi connectivity index (χ0n) is 10.6. The molecule has 0 aromatic heterocycles. The summed E-state index contributed by atoms with van der Waals surface area (Å²) in [4.78, 5) is 14.2. The van der Waals surface area contributed by atoms with Gasteiger partial charge in [-0.2, -0.15) is 0 Å². The normalized spacial score (nSPS) is 17.4. The van der Waals surface area contributed by atoms with Crippen LogP contribution in [0.4, 0.5) is 5.69 Å². The highest BCUT2D eigenvalue weighted by molar-refractivity contribution is 5.98. The number of carbonyl (C=O) groups excluding carboxylic acids is 1. The van der Waals surface area contributed by atoms with Crippen LogP contribution in [-0.4, -0.2) is 19.5 Å². The molecule has 1 amide bonds. The highest BCUT2D eigenvalue weighted by Crippen LogP contribution is 2.42. The third-order valence-electron chi connectivity index (χ3n) is 3.94. The van der Waals surface area contributed by atoms with E-state index >= 15 is 0 Å². The van der Waals surface area contributed by atoms with Crippen LogP contribution in [0.2, 0.25) is 0 Å². The van der Waals surface area contributed by atoms with Gasteiger partial charge in [0.05, 0.1) is 5.41 Å². The minimum atomic E-state index is -0.295. The Kier molecular flexibility index (Phi) is 3.20. The maximum absolute atomic E-state index is 12.5. The fourth-order valence-electron chi connectivity index (χ4n) is 2.51. The number of hydrogen-bond donors (Lipinski definition) is 1. The molecule has 0 atom stereocenters. The van der Waals surface area contributed by atoms with Gasteiger partial charge in [-0.15, -0.1) is 0 Å². The summed E-state index contributed by atoms with van der Waals surface area (Å²) in [6.07, 6.45) is 2.97. The van der Waals surface area contributed by atoms with E-state index in [0.717, 1.165) is 30.5 Å². The summed E-state index contributed by atoms with van der Waals surface area (Å²) in [5, 5.41) is 0. The molecule has 1 aromatic carbocycles. The van der Waals surface area contributed by atoms with Gasteiger partial charge < -0.3 is 10.6 Å². The molecule has 92 valence electrons. The first-order valence-electron chi connectivity index (χ1n) is 6.14. The number of nitrogens with two attached hydrogens (primary N) is 1. The van der Waals surface area contributed by atoms with Crippen LogP contribution < -0.4 is 10.6 Å². The summed E-state index contributed by atoms with van der Waals surface area (Å²) >= 11 is 0. The van der Waals surface area contributed by atoms with E-state index < -0.39 is 0 Å². The molecule has 0 spiro atoms. The quantitative estimate of drug-likeness (QED) is 0.867. The lowest BCUT2D eigenvalue weighted by molar-refractivity contribution is -0.131. The van der Waals surface area contributed by atoms with Crippen molar-refractivity contribution in [3.8, 4) is 0 Å². The fourth-order valence-corrected chi connectivity index (χ4v) is 2.51. The number of hydrogen-bond acceptors (Lipinski definition) is 2. The molecule has 3 nitrogen and oxygen atoms in total. The first-order valence-corrected chi connectivity index (χ1v) is 6.14. The minimum Gasteiger partial charge on any atom is -0.329 e. The zero-order chi connectivity index (χ0) is 12.5. The van der Waals surface area contributed by atoms with E-state index in [0.29, 0.717) is 6.54 Å². The topological polar surface area (TPSA) is 46.3 Å². The number of anilines is 1. The van der Waals surface area contributed by atoms with E-state index in [4.69, 9.17) is 5.73 Å². The Morgan fingerprint density at radius 2 is 2.06 bits per heavy atom. The van der Waals surface area contributed by atoms with E-state index in [1.807, 2.05) is 38.2 Å². The summed E-state index contributed by atoms with van der Waals surface area (Å²) in [5.74, 6) is 0.167. The highest BCUT2D eigenvalue weighted by Gasteiger charge is 2.44. The molecule has 2 N–H and O–H groups in total. The molecule has 0 saturated heterocycles. The second-order valence-electron chi connectivity index (χ2n) is 4.99. The van der Waals surface area contributed by atoms with Gasteiger partial charge in [0.15, 0.2) is 0 Å². The molecular weight excluding hydrogens is 212 g/mol. The van der Waals surface area contributed by atoms with E-state index in [2.05, 4.69) is 0 Å². The van der Waals surface area contributed by atoms with Gasteiger partial charge in [0.2, 0.25) is 5.91 Å². The maximum Gasteiger partial charge on any atom is 0.234 e. The number of para-hydroxylation sites is 1. The minimum absolute atomic E-state index is 0.167. The van der Waals surface area contributed by atoms with Crippen molar-refractivity contribution in [1.29, 1.82) is 0 Å². The molecule has 17 heavy (non-hydrogen) atoms. The van der Waals surface area contributed by atoms with Crippen LogP contribution in [0.5, 0.6) is 0 Å². The Balaban J connectivity index is 2.23. The monoisotopic (exact) mass is 232 g/mol. The first-order chi connectivity index (χ1) is 8.10. The van der Waals surface area contributed by atoms with Crippen molar-refractivity contribution in [3.63, 3.8) is 0 Å². The van der Waals surface area contributed by atoms with Crippen LogP contribution in [0.25, 0.3) is 0 Å². The van der Waals surface area contributed by atoms with E-state index in [1.165, 1.54) is 0 Å². The number of nitrogens with zero attached hydrogens (tertiary/aromatic N) is 1. The Labute approximate surface area is 103 Å². The SMILES string of the molecule is Cc1ccccc1N(C)C(=O)C1(CN)CCC1. The van der Waals surface area contributed by atoms with Gasteiger partial charge in [-0.1, -0.05) is 24.6 Å². The number of aryl methyl sites for hydroxylation is 1. The molecule has 1 fully saturated rings. The third kappa shape index (κ3) is 1.95. The average molecular weight is 232 g/mol. The van der Waals surface area contributed by atoms with Crippen LogP contribution in [0.15, 0.2) is 24.3 Å². The Morgan fingerprint density at radius 1 is 1.41 bits per heavy atom. The number of carbonyl (C=O) groups is 1. The van der Waals surface area contributed by atoms with Crippen LogP contribution in [0, 0.1) is 12.3 Å². The van der Waals surface area contributed by atoms with Gasteiger partial charge in [0.1, 0.15) is 0 Å². The molecule has 1 aliphatic carbocycles. The maximum atomic E-state index is 12.5. The van der Waals surface area contributed by atoms with E-state index in [-0.39, 0.29) is 11.3 Å². The summed E-state index contributed by atoms with van der Waals surface area (Å²) in [6.45, 7) is 2.48. The van der Waals surface area contributed by atoms with Crippen molar-refractivity contribution in [3.05, 3.63) is 29.8 Å².